The summed E-state index contributed by atoms with van der Waals surface area (Å²) in [5.41, 5.74) is 0.134. The Kier molecular flexibility index (Phi) is 6.15. The summed E-state index contributed by atoms with van der Waals surface area (Å²) in [6.45, 7) is -0.487. The number of carbonyl (C=O) groups is 1. The van der Waals surface area contributed by atoms with Gasteiger partial charge in [0.15, 0.2) is 0 Å². The van der Waals surface area contributed by atoms with Crippen molar-refractivity contribution in [1.29, 1.82) is 0 Å². The van der Waals surface area contributed by atoms with Gasteiger partial charge in [-0.25, -0.2) is 17.2 Å². The number of hydrogen-bond acceptors (Lipinski definition) is 5. The summed E-state index contributed by atoms with van der Waals surface area (Å²) in [4.78, 5) is 11.3. The zero-order chi connectivity index (χ0) is 21.2. The van der Waals surface area contributed by atoms with Gasteiger partial charge in [-0.3, -0.25) is 4.79 Å². The van der Waals surface area contributed by atoms with Gasteiger partial charge in [0, 0.05) is 18.2 Å². The maximum atomic E-state index is 13.6. The highest BCUT2D eigenvalue weighted by Crippen LogP contribution is 2.27. The molecule has 10 heteroatoms. The first-order chi connectivity index (χ1) is 13.7. The first kappa shape index (κ1) is 21.2. The lowest BCUT2D eigenvalue weighted by Gasteiger charge is -2.34. The van der Waals surface area contributed by atoms with Crippen LogP contribution in [-0.4, -0.2) is 47.6 Å². The third kappa shape index (κ3) is 4.72. The van der Waals surface area contributed by atoms with E-state index >= 15 is 0 Å². The molecular formula is C19H19F2NO6S. The third-order valence-electron chi connectivity index (χ3n) is 4.64. The number of carboxylic acids is 1. The van der Waals surface area contributed by atoms with Crippen molar-refractivity contribution in [2.24, 2.45) is 0 Å². The molecule has 29 heavy (non-hydrogen) atoms. The number of aliphatic carboxylic acids is 1. The predicted octanol–water partition coefficient (Wildman–Crippen LogP) is 2.14. The number of carboxylic acid groups (broad SMARTS) is 1. The molecule has 0 radical (unpaired) electrons. The summed E-state index contributed by atoms with van der Waals surface area (Å²) in [7, 11) is -4.15. The normalized spacial score (nSPS) is 20.4. The van der Waals surface area contributed by atoms with Gasteiger partial charge in [-0.05, 0) is 49.2 Å². The lowest BCUT2D eigenvalue weighted by atomic mass is 10.0. The smallest absolute Gasteiger partial charge is 0.322 e. The maximum absolute atomic E-state index is 13.6. The Balaban J connectivity index is 1.75. The fourth-order valence-electron chi connectivity index (χ4n) is 3.08. The van der Waals surface area contributed by atoms with Crippen LogP contribution in [0.1, 0.15) is 18.4 Å². The summed E-state index contributed by atoms with van der Waals surface area (Å²) in [6, 6.07) is 7.02. The quantitative estimate of drug-likeness (QED) is 0.732. The summed E-state index contributed by atoms with van der Waals surface area (Å²) in [5, 5.41) is 19.1. The predicted molar refractivity (Wildman–Crippen MR) is 97.7 cm³/mol. The van der Waals surface area contributed by atoms with Crippen LogP contribution >= 0.6 is 0 Å². The number of piperidine rings is 1. The van der Waals surface area contributed by atoms with Crippen LogP contribution in [0.2, 0.25) is 0 Å². The van der Waals surface area contributed by atoms with Crippen molar-refractivity contribution in [1.82, 2.24) is 4.31 Å². The molecule has 2 N–H and O–H groups in total. The molecule has 0 bridgehead atoms. The van der Waals surface area contributed by atoms with E-state index in [0.717, 1.165) is 16.4 Å². The fourth-order valence-corrected chi connectivity index (χ4v) is 4.73. The SMILES string of the molecule is O=C(O)C1CCC(O)CN1S(=O)(=O)c1ccc(OCc2ccc(F)cc2F)cc1. The van der Waals surface area contributed by atoms with Crippen molar-refractivity contribution in [2.45, 2.75) is 36.5 Å². The fraction of sp³-hybridized carbons (Fsp3) is 0.316. The average Bonchev–Trinajstić information content (AvgIpc) is 2.67. The summed E-state index contributed by atoms with van der Waals surface area (Å²) in [5.74, 6) is -2.49. The van der Waals surface area contributed by atoms with Crippen molar-refractivity contribution in [3.05, 3.63) is 59.7 Å². The molecule has 2 aromatic carbocycles. The van der Waals surface area contributed by atoms with E-state index in [9.17, 15) is 32.2 Å². The van der Waals surface area contributed by atoms with E-state index in [-0.39, 0.29) is 42.2 Å². The van der Waals surface area contributed by atoms with Crippen molar-refractivity contribution in [2.75, 3.05) is 6.54 Å². The minimum absolute atomic E-state index is 0.0140. The average molecular weight is 427 g/mol. The molecule has 1 saturated heterocycles. The van der Waals surface area contributed by atoms with Gasteiger partial charge in [0.2, 0.25) is 10.0 Å². The topological polar surface area (TPSA) is 104 Å². The van der Waals surface area contributed by atoms with Crippen molar-refractivity contribution in [3.8, 4) is 5.75 Å². The lowest BCUT2D eigenvalue weighted by molar-refractivity contribution is -0.143. The van der Waals surface area contributed by atoms with Gasteiger partial charge in [-0.15, -0.1) is 0 Å². The van der Waals surface area contributed by atoms with Gasteiger partial charge in [-0.1, -0.05) is 0 Å². The summed E-state index contributed by atoms with van der Waals surface area (Å²) in [6.07, 6.45) is -0.718. The first-order valence-electron chi connectivity index (χ1n) is 8.78. The van der Waals surface area contributed by atoms with Gasteiger partial charge in [0.05, 0.1) is 11.0 Å². The molecule has 2 aromatic rings. The number of hydrogen-bond donors (Lipinski definition) is 2. The molecule has 7 nitrogen and oxygen atoms in total. The van der Waals surface area contributed by atoms with Crippen molar-refractivity contribution >= 4 is 16.0 Å². The van der Waals surface area contributed by atoms with Crippen LogP contribution in [-0.2, 0) is 21.4 Å². The van der Waals surface area contributed by atoms with E-state index in [1.54, 1.807) is 0 Å². The molecule has 1 aliphatic rings. The van der Waals surface area contributed by atoms with Gasteiger partial charge in [0.25, 0.3) is 0 Å². The molecule has 0 amide bonds. The van der Waals surface area contributed by atoms with Crippen LogP contribution in [0.4, 0.5) is 8.78 Å². The molecule has 2 unspecified atom stereocenters. The second kappa shape index (κ2) is 8.44. The minimum atomic E-state index is -4.15. The van der Waals surface area contributed by atoms with Gasteiger partial charge in [-0.2, -0.15) is 4.31 Å². The van der Waals surface area contributed by atoms with E-state index in [4.69, 9.17) is 4.74 Å². The number of sulfonamides is 1. The Morgan fingerprint density at radius 3 is 2.45 bits per heavy atom. The van der Waals surface area contributed by atoms with Gasteiger partial charge >= 0.3 is 5.97 Å². The van der Waals surface area contributed by atoms with Crippen LogP contribution in [0, 0.1) is 11.6 Å². The number of nitrogens with zero attached hydrogens (tertiary/aromatic N) is 1. The molecule has 1 fully saturated rings. The van der Waals surface area contributed by atoms with Crippen molar-refractivity contribution in [3.63, 3.8) is 0 Å². The number of β-amino-alcohol motifs (C(OH)–C–C–N with tert-alkyl or cyclic N) is 1. The van der Waals surface area contributed by atoms with E-state index in [2.05, 4.69) is 0 Å². The molecule has 156 valence electrons. The summed E-state index contributed by atoms with van der Waals surface area (Å²) < 4.78 is 58.4. The zero-order valence-electron chi connectivity index (χ0n) is 15.2. The number of aliphatic hydroxyl groups is 1. The van der Waals surface area contributed by atoms with Crippen LogP contribution in [0.15, 0.2) is 47.4 Å². The molecule has 0 spiro atoms. The monoisotopic (exact) mass is 427 g/mol. The van der Waals surface area contributed by atoms with Crippen LogP contribution in [0.3, 0.4) is 0 Å². The van der Waals surface area contributed by atoms with E-state index < -0.39 is 39.8 Å². The standard InChI is InChI=1S/C19H19F2NO6S/c20-13-2-1-12(17(21)9-13)11-28-15-4-6-16(7-5-15)29(26,27)22-10-14(23)3-8-18(22)19(24)25/h1-2,4-7,9,14,18,23H,3,8,10-11H2,(H,24,25). The Hall–Kier alpha value is -2.56. The molecule has 0 saturated carbocycles. The highest BCUT2D eigenvalue weighted by atomic mass is 32.2. The van der Waals surface area contributed by atoms with E-state index in [1.807, 2.05) is 0 Å². The number of halogens is 2. The molecule has 0 aromatic heterocycles. The van der Waals surface area contributed by atoms with Crippen molar-refractivity contribution < 1.29 is 36.9 Å². The van der Waals surface area contributed by atoms with Crippen LogP contribution in [0.25, 0.3) is 0 Å². The molecule has 1 aliphatic heterocycles. The largest absolute Gasteiger partial charge is 0.489 e. The molecule has 0 aliphatic carbocycles. The Morgan fingerprint density at radius 1 is 1.14 bits per heavy atom. The summed E-state index contributed by atoms with van der Waals surface area (Å²) >= 11 is 0. The Bertz CT molecular complexity index is 996. The first-order valence-corrected chi connectivity index (χ1v) is 10.2. The third-order valence-corrected chi connectivity index (χ3v) is 6.53. The molecule has 3 rings (SSSR count). The molecule has 2 atom stereocenters. The molecule has 1 heterocycles. The second-order valence-electron chi connectivity index (χ2n) is 6.66. The number of benzene rings is 2. The van der Waals surface area contributed by atoms with Gasteiger partial charge < -0.3 is 14.9 Å². The Labute approximate surface area is 166 Å². The number of aliphatic hydroxyl groups excluding tert-OH is 1. The highest BCUT2D eigenvalue weighted by Gasteiger charge is 2.40. The zero-order valence-corrected chi connectivity index (χ0v) is 16.0. The minimum Gasteiger partial charge on any atom is -0.489 e. The van der Waals surface area contributed by atoms with Crippen LogP contribution in [0.5, 0.6) is 5.75 Å². The van der Waals surface area contributed by atoms with E-state index in [0.29, 0.717) is 0 Å². The second-order valence-corrected chi connectivity index (χ2v) is 8.55. The highest BCUT2D eigenvalue weighted by molar-refractivity contribution is 7.89. The maximum Gasteiger partial charge on any atom is 0.322 e. The van der Waals surface area contributed by atoms with Crippen LogP contribution < -0.4 is 4.74 Å². The molecular weight excluding hydrogens is 408 g/mol. The lowest BCUT2D eigenvalue weighted by Crippen LogP contribution is -2.51. The van der Waals surface area contributed by atoms with E-state index in [1.165, 1.54) is 30.3 Å². The van der Waals surface area contributed by atoms with Gasteiger partial charge in [0.1, 0.15) is 30.0 Å². The Morgan fingerprint density at radius 2 is 1.83 bits per heavy atom. The number of rotatable bonds is 6. The number of ether oxygens (including phenoxy) is 1.